The number of carbonyl (C=O) groups is 1. The lowest BCUT2D eigenvalue weighted by molar-refractivity contribution is -0.387. The number of hydrogen-bond donors (Lipinski definition) is 1. The third kappa shape index (κ3) is 3.52. The van der Waals surface area contributed by atoms with Gasteiger partial charge in [0.05, 0.1) is 17.6 Å². The van der Waals surface area contributed by atoms with Gasteiger partial charge in [-0.3, -0.25) is 14.3 Å². The zero-order chi connectivity index (χ0) is 16.3. The van der Waals surface area contributed by atoms with Gasteiger partial charge in [-0.05, 0) is 18.9 Å². The van der Waals surface area contributed by atoms with E-state index in [1.807, 2.05) is 0 Å². The first-order chi connectivity index (χ1) is 10.3. The number of amides is 1. The molecule has 1 amide bonds. The van der Waals surface area contributed by atoms with Crippen LogP contribution < -0.4 is 0 Å². The normalized spacial score (nSPS) is 18.9. The molecular formula is C12H14N2O7S. The van der Waals surface area contributed by atoms with E-state index in [2.05, 4.69) is 0 Å². The summed E-state index contributed by atoms with van der Waals surface area (Å²) < 4.78 is 29.4. The van der Waals surface area contributed by atoms with E-state index in [-0.39, 0.29) is 6.54 Å². The zero-order valence-electron chi connectivity index (χ0n) is 11.4. The Bertz CT molecular complexity index is 688. The summed E-state index contributed by atoms with van der Waals surface area (Å²) >= 11 is 0. The topological polar surface area (TPSA) is 127 Å². The molecule has 1 heterocycles. The third-order valence-electron chi connectivity index (χ3n) is 3.24. The van der Waals surface area contributed by atoms with Crippen LogP contribution in [-0.4, -0.2) is 48.6 Å². The second-order valence-electron chi connectivity index (χ2n) is 4.77. The molecule has 0 bridgehead atoms. The zero-order valence-corrected chi connectivity index (χ0v) is 12.2. The van der Waals surface area contributed by atoms with Crippen LogP contribution in [0.25, 0.3) is 0 Å². The van der Waals surface area contributed by atoms with Gasteiger partial charge in [0, 0.05) is 12.6 Å². The highest BCUT2D eigenvalue weighted by molar-refractivity contribution is 7.87. The Morgan fingerprint density at radius 1 is 1.41 bits per heavy atom. The Morgan fingerprint density at radius 3 is 2.73 bits per heavy atom. The second-order valence-corrected chi connectivity index (χ2v) is 6.31. The van der Waals surface area contributed by atoms with Crippen molar-refractivity contribution in [2.75, 3.05) is 13.1 Å². The van der Waals surface area contributed by atoms with E-state index in [1.54, 1.807) is 0 Å². The molecule has 9 nitrogen and oxygen atoms in total. The van der Waals surface area contributed by atoms with E-state index in [1.165, 1.54) is 12.1 Å². The standard InChI is InChI=1S/C12H14N2O7S/c15-12(16)13-7-3-4-9(8-13)21-22(19,20)11-6-2-1-5-10(11)14(17)18/h1-2,5-6,9H,3-4,7-8H2,(H,15,16)/t9-/m1/s1. The molecule has 0 radical (unpaired) electrons. The smallest absolute Gasteiger partial charge is 0.407 e. The number of nitrogens with zero attached hydrogens (tertiary/aromatic N) is 2. The van der Waals surface area contributed by atoms with Crippen molar-refractivity contribution >= 4 is 21.9 Å². The summed E-state index contributed by atoms with van der Waals surface area (Å²) in [5.41, 5.74) is -0.576. The Hall–Kier alpha value is -2.20. The van der Waals surface area contributed by atoms with Crippen molar-refractivity contribution in [3.63, 3.8) is 0 Å². The lowest BCUT2D eigenvalue weighted by atomic mass is 10.1. The summed E-state index contributed by atoms with van der Waals surface area (Å²) in [5.74, 6) is 0. The first-order valence-corrected chi connectivity index (χ1v) is 7.86. The molecule has 0 saturated carbocycles. The molecule has 120 valence electrons. The van der Waals surface area contributed by atoms with Gasteiger partial charge in [0.1, 0.15) is 0 Å². The second kappa shape index (κ2) is 6.28. The van der Waals surface area contributed by atoms with Crippen molar-refractivity contribution in [3.8, 4) is 0 Å². The predicted octanol–water partition coefficient (Wildman–Crippen LogP) is 1.44. The number of benzene rings is 1. The first-order valence-electron chi connectivity index (χ1n) is 6.46. The van der Waals surface area contributed by atoms with Gasteiger partial charge >= 0.3 is 16.2 Å². The Kier molecular flexibility index (Phi) is 4.62. The van der Waals surface area contributed by atoms with Crippen LogP contribution in [0.1, 0.15) is 12.8 Å². The summed E-state index contributed by atoms with van der Waals surface area (Å²) in [6, 6.07) is 4.86. The molecule has 1 aliphatic heterocycles. The van der Waals surface area contributed by atoms with Crippen molar-refractivity contribution in [2.24, 2.45) is 0 Å². The Balaban J connectivity index is 2.21. The van der Waals surface area contributed by atoms with Crippen LogP contribution in [0.5, 0.6) is 0 Å². The van der Waals surface area contributed by atoms with Crippen LogP contribution in [0.4, 0.5) is 10.5 Å². The van der Waals surface area contributed by atoms with Gasteiger partial charge in [0.2, 0.25) is 0 Å². The molecule has 0 spiro atoms. The minimum absolute atomic E-state index is 0.0881. The first kappa shape index (κ1) is 16.2. The van der Waals surface area contributed by atoms with Gasteiger partial charge in [-0.2, -0.15) is 8.42 Å². The number of likely N-dealkylation sites (tertiary alicyclic amines) is 1. The molecule has 0 unspecified atom stereocenters. The quantitative estimate of drug-likeness (QED) is 0.502. The van der Waals surface area contributed by atoms with E-state index in [0.29, 0.717) is 19.4 Å². The molecule has 1 aliphatic rings. The van der Waals surface area contributed by atoms with Crippen LogP contribution in [0.15, 0.2) is 29.2 Å². The van der Waals surface area contributed by atoms with Crippen LogP contribution in [0, 0.1) is 10.1 Å². The van der Waals surface area contributed by atoms with Gasteiger partial charge < -0.3 is 10.0 Å². The fraction of sp³-hybridized carbons (Fsp3) is 0.417. The van der Waals surface area contributed by atoms with Crippen LogP contribution >= 0.6 is 0 Å². The molecule has 10 heteroatoms. The average Bonchev–Trinajstić information content (AvgIpc) is 2.47. The molecule has 22 heavy (non-hydrogen) atoms. The van der Waals surface area contributed by atoms with Crippen LogP contribution in [-0.2, 0) is 14.3 Å². The van der Waals surface area contributed by atoms with Gasteiger partial charge in [0.15, 0.2) is 4.90 Å². The highest BCUT2D eigenvalue weighted by Gasteiger charge is 2.32. The molecule has 1 aromatic carbocycles. The predicted molar refractivity (Wildman–Crippen MR) is 74.0 cm³/mol. The molecule has 1 aromatic rings. The van der Waals surface area contributed by atoms with E-state index in [4.69, 9.17) is 9.29 Å². The van der Waals surface area contributed by atoms with Crippen molar-refractivity contribution in [1.29, 1.82) is 0 Å². The maximum absolute atomic E-state index is 12.2. The Labute approximate surface area is 126 Å². The van der Waals surface area contributed by atoms with Gasteiger partial charge in [-0.1, -0.05) is 12.1 Å². The molecule has 2 rings (SSSR count). The van der Waals surface area contributed by atoms with Crippen molar-refractivity contribution in [3.05, 3.63) is 34.4 Å². The summed E-state index contributed by atoms with van der Waals surface area (Å²) in [7, 11) is -4.35. The van der Waals surface area contributed by atoms with Gasteiger partial charge in [-0.25, -0.2) is 4.79 Å². The lowest BCUT2D eigenvalue weighted by Gasteiger charge is -2.29. The van der Waals surface area contributed by atoms with E-state index in [9.17, 15) is 23.3 Å². The minimum atomic E-state index is -4.35. The fourth-order valence-electron chi connectivity index (χ4n) is 2.24. The number of hydrogen-bond acceptors (Lipinski definition) is 6. The van der Waals surface area contributed by atoms with E-state index < -0.39 is 37.8 Å². The van der Waals surface area contributed by atoms with Crippen LogP contribution in [0.2, 0.25) is 0 Å². The molecular weight excluding hydrogens is 316 g/mol. The van der Waals surface area contributed by atoms with Gasteiger partial charge in [-0.15, -0.1) is 0 Å². The van der Waals surface area contributed by atoms with E-state index in [0.717, 1.165) is 17.0 Å². The van der Waals surface area contributed by atoms with Gasteiger partial charge in [0.25, 0.3) is 5.69 Å². The van der Waals surface area contributed by atoms with E-state index >= 15 is 0 Å². The maximum atomic E-state index is 12.2. The average molecular weight is 330 g/mol. The number of nitro groups is 1. The molecule has 0 aromatic heterocycles. The number of nitro benzene ring substituents is 1. The number of carboxylic acid groups (broad SMARTS) is 1. The molecule has 1 saturated heterocycles. The highest BCUT2D eigenvalue weighted by atomic mass is 32.2. The number of piperidine rings is 1. The molecule has 1 atom stereocenters. The molecule has 0 aliphatic carbocycles. The van der Waals surface area contributed by atoms with Crippen LogP contribution in [0.3, 0.4) is 0 Å². The maximum Gasteiger partial charge on any atom is 0.407 e. The van der Waals surface area contributed by atoms with Crippen molar-refractivity contribution in [1.82, 2.24) is 4.90 Å². The summed E-state index contributed by atoms with van der Waals surface area (Å²) in [5, 5.41) is 19.8. The largest absolute Gasteiger partial charge is 0.465 e. The van der Waals surface area contributed by atoms with Crippen molar-refractivity contribution in [2.45, 2.75) is 23.8 Å². The SMILES string of the molecule is O=C(O)N1CCC[C@@H](OS(=O)(=O)c2ccccc2[N+](=O)[O-])C1. The molecule has 1 N–H and O–H groups in total. The fourth-order valence-corrected chi connectivity index (χ4v) is 3.50. The lowest BCUT2D eigenvalue weighted by Crippen LogP contribution is -2.43. The monoisotopic (exact) mass is 330 g/mol. The highest BCUT2D eigenvalue weighted by Crippen LogP contribution is 2.27. The molecule has 1 fully saturated rings. The summed E-state index contributed by atoms with van der Waals surface area (Å²) in [4.78, 5) is 21.5. The third-order valence-corrected chi connectivity index (χ3v) is 4.65. The summed E-state index contributed by atoms with van der Waals surface area (Å²) in [6.07, 6.45) is -1.18. The number of para-hydroxylation sites is 1. The minimum Gasteiger partial charge on any atom is -0.465 e. The van der Waals surface area contributed by atoms with Crippen molar-refractivity contribution < 1.29 is 27.4 Å². The number of rotatable bonds is 4. The Morgan fingerprint density at radius 2 is 2.09 bits per heavy atom. The summed E-state index contributed by atoms with van der Waals surface area (Å²) in [6.45, 7) is 0.218.